The molecule has 1 unspecified atom stereocenters. The highest BCUT2D eigenvalue weighted by Gasteiger charge is 2.19. The van der Waals surface area contributed by atoms with Gasteiger partial charge in [-0.1, -0.05) is 326 Å². The van der Waals surface area contributed by atoms with Gasteiger partial charge >= 0.3 is 17.9 Å². The number of hydrogen-bond donors (Lipinski definition) is 0. The van der Waals surface area contributed by atoms with Crippen molar-refractivity contribution < 1.29 is 28.6 Å². The zero-order valence-corrected chi connectivity index (χ0v) is 50.3. The first kappa shape index (κ1) is 72.4. The molecule has 6 nitrogen and oxygen atoms in total. The molecule has 0 aliphatic heterocycles. The number of carbonyl (C=O) groups is 3. The first-order chi connectivity index (χ1) is 37.0. The van der Waals surface area contributed by atoms with Crippen molar-refractivity contribution in [2.24, 2.45) is 0 Å². The maximum atomic E-state index is 12.9. The van der Waals surface area contributed by atoms with Gasteiger partial charge in [-0.3, -0.25) is 14.4 Å². The van der Waals surface area contributed by atoms with Crippen LogP contribution in [-0.2, 0) is 28.6 Å². The number of esters is 3. The van der Waals surface area contributed by atoms with E-state index in [0.717, 1.165) is 83.5 Å². The van der Waals surface area contributed by atoms with Crippen LogP contribution in [0.15, 0.2) is 48.6 Å². The van der Waals surface area contributed by atoms with E-state index in [4.69, 9.17) is 14.2 Å². The Morgan fingerprint density at radius 2 is 0.520 bits per heavy atom. The quantitative estimate of drug-likeness (QED) is 0.0261. The molecule has 0 N–H and O–H groups in total. The van der Waals surface area contributed by atoms with Gasteiger partial charge in [0.15, 0.2) is 6.10 Å². The Kier molecular flexibility index (Phi) is 61.7. The summed E-state index contributed by atoms with van der Waals surface area (Å²) in [6.07, 6.45) is 79.9. The van der Waals surface area contributed by atoms with Crippen LogP contribution >= 0.6 is 0 Å². The maximum absolute atomic E-state index is 12.9. The van der Waals surface area contributed by atoms with Crippen molar-refractivity contribution in [3.8, 4) is 0 Å². The number of hydrogen-bond acceptors (Lipinski definition) is 6. The van der Waals surface area contributed by atoms with E-state index in [9.17, 15) is 14.4 Å². The van der Waals surface area contributed by atoms with E-state index in [2.05, 4.69) is 69.4 Å². The molecular formula is C69H126O6. The molecule has 0 saturated heterocycles. The van der Waals surface area contributed by atoms with Crippen LogP contribution in [0.2, 0.25) is 0 Å². The minimum atomic E-state index is -0.767. The Hall–Kier alpha value is -2.63. The molecule has 438 valence electrons. The molecule has 0 amide bonds. The second-order valence-corrected chi connectivity index (χ2v) is 22.4. The summed E-state index contributed by atoms with van der Waals surface area (Å²) in [7, 11) is 0. The number of unbranched alkanes of at least 4 members (excludes halogenated alkanes) is 42. The van der Waals surface area contributed by atoms with E-state index >= 15 is 0 Å². The lowest BCUT2D eigenvalue weighted by molar-refractivity contribution is -0.167. The highest BCUT2D eigenvalue weighted by Crippen LogP contribution is 2.18. The summed E-state index contributed by atoms with van der Waals surface area (Å²) in [4.78, 5) is 38.2. The third kappa shape index (κ3) is 62.1. The lowest BCUT2D eigenvalue weighted by Crippen LogP contribution is -2.30. The van der Waals surface area contributed by atoms with Crippen LogP contribution in [0.5, 0.6) is 0 Å². The summed E-state index contributed by atoms with van der Waals surface area (Å²) in [5, 5.41) is 0. The van der Waals surface area contributed by atoms with E-state index in [0.29, 0.717) is 19.3 Å². The number of carbonyl (C=O) groups excluding carboxylic acids is 3. The molecule has 0 aromatic carbocycles. The zero-order valence-electron chi connectivity index (χ0n) is 50.3. The molecule has 0 aromatic heterocycles. The molecule has 0 rings (SSSR count). The summed E-state index contributed by atoms with van der Waals surface area (Å²) >= 11 is 0. The third-order valence-electron chi connectivity index (χ3n) is 14.8. The summed E-state index contributed by atoms with van der Waals surface area (Å²) in [5.41, 5.74) is 0. The topological polar surface area (TPSA) is 78.9 Å². The average molecular weight is 1050 g/mol. The lowest BCUT2D eigenvalue weighted by atomic mass is 10.0. The molecule has 0 aromatic rings. The van der Waals surface area contributed by atoms with E-state index in [1.54, 1.807) is 0 Å². The lowest BCUT2D eigenvalue weighted by Gasteiger charge is -2.18. The normalized spacial score (nSPS) is 12.3. The summed E-state index contributed by atoms with van der Waals surface area (Å²) in [5.74, 6) is -0.843. The Morgan fingerprint density at radius 3 is 0.813 bits per heavy atom. The van der Waals surface area contributed by atoms with E-state index in [1.165, 1.54) is 231 Å². The molecule has 0 saturated carbocycles. The minimum absolute atomic E-state index is 0.0661. The van der Waals surface area contributed by atoms with Crippen LogP contribution in [0, 0.1) is 0 Å². The highest BCUT2D eigenvalue weighted by atomic mass is 16.6. The van der Waals surface area contributed by atoms with Gasteiger partial charge in [0.05, 0.1) is 0 Å². The molecule has 75 heavy (non-hydrogen) atoms. The third-order valence-corrected chi connectivity index (χ3v) is 14.8. The van der Waals surface area contributed by atoms with Gasteiger partial charge in [0, 0.05) is 19.3 Å². The van der Waals surface area contributed by atoms with Crippen LogP contribution in [0.3, 0.4) is 0 Å². The molecule has 6 heteroatoms. The SMILES string of the molecule is CC/C=C\C/C=C\C/C=C\C/C=C\CCCCCCCCCCCCCCCCCCC(=O)OCC(COC(=O)CCCCCCCCCCCC)OC(=O)CCCCCCCCCCCCCCCCCCCC. The van der Waals surface area contributed by atoms with Crippen molar-refractivity contribution in [2.75, 3.05) is 13.2 Å². The van der Waals surface area contributed by atoms with E-state index < -0.39 is 6.10 Å². The van der Waals surface area contributed by atoms with Crippen molar-refractivity contribution in [3.05, 3.63) is 48.6 Å². The molecule has 0 spiro atoms. The van der Waals surface area contributed by atoms with Gasteiger partial charge in [0.1, 0.15) is 13.2 Å². The fourth-order valence-electron chi connectivity index (χ4n) is 9.91. The number of ether oxygens (including phenoxy) is 3. The van der Waals surface area contributed by atoms with Crippen LogP contribution in [-0.4, -0.2) is 37.2 Å². The van der Waals surface area contributed by atoms with Crippen molar-refractivity contribution in [3.63, 3.8) is 0 Å². The fourth-order valence-corrected chi connectivity index (χ4v) is 9.91. The van der Waals surface area contributed by atoms with Gasteiger partial charge in [0.25, 0.3) is 0 Å². The molecular weight excluding hydrogens is 925 g/mol. The minimum Gasteiger partial charge on any atom is -0.462 e. The van der Waals surface area contributed by atoms with Crippen LogP contribution < -0.4 is 0 Å². The Labute approximate surface area is 467 Å². The number of allylic oxidation sites excluding steroid dienone is 8. The molecule has 0 fully saturated rings. The van der Waals surface area contributed by atoms with Gasteiger partial charge in [-0.2, -0.15) is 0 Å². The monoisotopic (exact) mass is 1050 g/mol. The van der Waals surface area contributed by atoms with Crippen molar-refractivity contribution >= 4 is 17.9 Å². The van der Waals surface area contributed by atoms with Gasteiger partial charge in [-0.15, -0.1) is 0 Å². The first-order valence-corrected chi connectivity index (χ1v) is 33.1. The molecule has 0 heterocycles. The largest absolute Gasteiger partial charge is 0.462 e. The second-order valence-electron chi connectivity index (χ2n) is 22.4. The van der Waals surface area contributed by atoms with E-state index in [1.807, 2.05) is 0 Å². The zero-order chi connectivity index (χ0) is 54.3. The predicted molar refractivity (Wildman–Crippen MR) is 325 cm³/mol. The Bertz CT molecular complexity index is 1300. The molecule has 0 radical (unpaired) electrons. The van der Waals surface area contributed by atoms with Gasteiger partial charge < -0.3 is 14.2 Å². The standard InChI is InChI=1S/C69H126O6/c1-4-7-10-13-16-19-22-24-26-28-30-31-32-33-34-35-36-37-38-39-40-42-43-45-47-50-53-56-59-62-68(71)74-65-66(64-73-67(70)61-58-55-52-49-21-18-15-12-9-6-3)75-69(72)63-60-57-54-51-48-46-44-41-29-27-25-23-20-17-14-11-8-5-2/h7,10,16,19,24,26,30-31,66H,4-6,8-9,11-15,17-18,20-23,25,27-29,32-65H2,1-3H3/b10-7-,19-16-,26-24-,31-30-. The molecule has 1 atom stereocenters. The first-order valence-electron chi connectivity index (χ1n) is 33.1. The fraction of sp³-hybridized carbons (Fsp3) is 0.841. The van der Waals surface area contributed by atoms with Gasteiger partial charge in [-0.25, -0.2) is 0 Å². The molecule has 0 bridgehead atoms. The van der Waals surface area contributed by atoms with Crippen molar-refractivity contribution in [2.45, 2.75) is 361 Å². The Morgan fingerprint density at radius 1 is 0.280 bits per heavy atom. The number of rotatable bonds is 61. The van der Waals surface area contributed by atoms with Crippen molar-refractivity contribution in [1.82, 2.24) is 0 Å². The predicted octanol–water partition coefficient (Wildman–Crippen LogP) is 22.6. The van der Waals surface area contributed by atoms with Crippen molar-refractivity contribution in [1.29, 1.82) is 0 Å². The maximum Gasteiger partial charge on any atom is 0.306 e. The molecule has 0 aliphatic rings. The van der Waals surface area contributed by atoms with Crippen LogP contribution in [0.25, 0.3) is 0 Å². The van der Waals surface area contributed by atoms with E-state index in [-0.39, 0.29) is 31.1 Å². The van der Waals surface area contributed by atoms with Gasteiger partial charge in [-0.05, 0) is 57.8 Å². The smallest absolute Gasteiger partial charge is 0.306 e. The van der Waals surface area contributed by atoms with Crippen LogP contribution in [0.1, 0.15) is 355 Å². The summed E-state index contributed by atoms with van der Waals surface area (Å²) in [6.45, 7) is 6.58. The van der Waals surface area contributed by atoms with Crippen LogP contribution in [0.4, 0.5) is 0 Å². The Balaban J connectivity index is 4.13. The average Bonchev–Trinajstić information content (AvgIpc) is 3.41. The second kappa shape index (κ2) is 63.9. The summed E-state index contributed by atoms with van der Waals surface area (Å²) in [6, 6.07) is 0. The van der Waals surface area contributed by atoms with Gasteiger partial charge in [0.2, 0.25) is 0 Å². The highest BCUT2D eigenvalue weighted by molar-refractivity contribution is 5.71. The molecule has 0 aliphatic carbocycles. The summed E-state index contributed by atoms with van der Waals surface area (Å²) < 4.78 is 16.9.